The number of hydrogen-bond acceptors (Lipinski definition) is 4. The molecule has 0 aromatic heterocycles. The molecule has 0 bridgehead atoms. The second-order valence-corrected chi connectivity index (χ2v) is 2.66. The summed E-state index contributed by atoms with van der Waals surface area (Å²) in [6.07, 6.45) is 3.01. The first-order valence-electron chi connectivity index (χ1n) is 3.96. The molecule has 0 fully saturated rings. The fraction of sp³-hybridized carbons (Fsp3) is 0.111. The predicted octanol–water partition coefficient (Wildman–Crippen LogP) is 1.18. The van der Waals surface area contributed by atoms with Crippen LogP contribution in [0.2, 0.25) is 0 Å². The molecule has 0 saturated carbocycles. The molecule has 0 heterocycles. The van der Waals surface area contributed by atoms with E-state index in [0.29, 0.717) is 11.3 Å². The third-order valence-corrected chi connectivity index (χ3v) is 1.68. The third kappa shape index (κ3) is 2.30. The van der Waals surface area contributed by atoms with E-state index >= 15 is 0 Å². The Morgan fingerprint density at radius 2 is 2.29 bits per heavy atom. The molecular formula is C9H10N2O3. The third-order valence-electron chi connectivity index (χ3n) is 1.68. The molecule has 0 radical (unpaired) electrons. The van der Waals surface area contributed by atoms with Gasteiger partial charge in [-0.05, 0) is 6.07 Å². The summed E-state index contributed by atoms with van der Waals surface area (Å²) in [4.78, 5) is 9.94. The minimum Gasteiger partial charge on any atom is -0.398 e. The summed E-state index contributed by atoms with van der Waals surface area (Å²) in [6, 6.07) is 4.17. The van der Waals surface area contributed by atoms with Crippen LogP contribution in [0.1, 0.15) is 5.56 Å². The van der Waals surface area contributed by atoms with Gasteiger partial charge in [0, 0.05) is 23.4 Å². The molecule has 0 aliphatic heterocycles. The molecule has 14 heavy (non-hydrogen) atoms. The zero-order chi connectivity index (χ0) is 10.6. The minimum atomic E-state index is -0.490. The van der Waals surface area contributed by atoms with E-state index in [1.165, 1.54) is 24.3 Å². The lowest BCUT2D eigenvalue weighted by molar-refractivity contribution is -0.384. The van der Waals surface area contributed by atoms with Crippen LogP contribution < -0.4 is 5.73 Å². The summed E-state index contributed by atoms with van der Waals surface area (Å²) in [5.41, 5.74) is 6.54. The van der Waals surface area contributed by atoms with Crippen LogP contribution >= 0.6 is 0 Å². The van der Waals surface area contributed by atoms with E-state index < -0.39 is 4.92 Å². The number of nitrogens with two attached hydrogens (primary N) is 1. The van der Waals surface area contributed by atoms with Crippen molar-refractivity contribution in [2.24, 2.45) is 0 Å². The number of aliphatic hydroxyl groups excluding tert-OH is 1. The first kappa shape index (κ1) is 10.2. The second-order valence-electron chi connectivity index (χ2n) is 2.66. The molecule has 0 aliphatic rings. The van der Waals surface area contributed by atoms with Crippen LogP contribution in [0.25, 0.3) is 6.08 Å². The molecule has 0 saturated heterocycles. The van der Waals surface area contributed by atoms with Gasteiger partial charge in [0.05, 0.1) is 11.5 Å². The van der Waals surface area contributed by atoms with Gasteiger partial charge in [0.15, 0.2) is 0 Å². The molecule has 5 nitrogen and oxygen atoms in total. The first-order valence-corrected chi connectivity index (χ1v) is 3.96. The highest BCUT2D eigenvalue weighted by Gasteiger charge is 2.06. The van der Waals surface area contributed by atoms with E-state index in [1.807, 2.05) is 0 Å². The molecule has 0 atom stereocenters. The monoisotopic (exact) mass is 194 g/mol. The SMILES string of the molecule is Nc1ccc([N+](=O)[O-])cc1C=CCO. The Morgan fingerprint density at radius 3 is 2.86 bits per heavy atom. The fourth-order valence-electron chi connectivity index (χ4n) is 1.000. The number of aliphatic hydroxyl groups is 1. The van der Waals surface area contributed by atoms with Crippen molar-refractivity contribution < 1.29 is 10.0 Å². The molecule has 0 amide bonds. The van der Waals surface area contributed by atoms with Crippen LogP contribution in [0.4, 0.5) is 11.4 Å². The van der Waals surface area contributed by atoms with Gasteiger partial charge in [-0.15, -0.1) is 0 Å². The van der Waals surface area contributed by atoms with Gasteiger partial charge >= 0.3 is 0 Å². The van der Waals surface area contributed by atoms with Crippen LogP contribution in [0.15, 0.2) is 24.3 Å². The van der Waals surface area contributed by atoms with Crippen molar-refractivity contribution in [2.75, 3.05) is 12.3 Å². The van der Waals surface area contributed by atoms with Crippen LogP contribution in [0.5, 0.6) is 0 Å². The Labute approximate surface area is 80.6 Å². The van der Waals surface area contributed by atoms with Gasteiger partial charge in [-0.1, -0.05) is 12.2 Å². The second kappa shape index (κ2) is 4.38. The topological polar surface area (TPSA) is 89.4 Å². The van der Waals surface area contributed by atoms with Crippen molar-refractivity contribution >= 4 is 17.5 Å². The number of anilines is 1. The standard InChI is InChI=1S/C9H10N2O3/c10-9-4-3-8(11(13)14)6-7(9)2-1-5-12/h1-4,6,12H,5,10H2. The number of benzene rings is 1. The van der Waals surface area contributed by atoms with Gasteiger partial charge in [0.25, 0.3) is 5.69 Å². The Kier molecular flexibility index (Phi) is 3.19. The summed E-state index contributed by atoms with van der Waals surface area (Å²) in [5, 5.41) is 19.0. The largest absolute Gasteiger partial charge is 0.398 e. The molecule has 74 valence electrons. The maximum atomic E-state index is 10.4. The lowest BCUT2D eigenvalue weighted by Crippen LogP contribution is -1.93. The summed E-state index contributed by atoms with van der Waals surface area (Å²) < 4.78 is 0. The molecule has 0 spiro atoms. The van der Waals surface area contributed by atoms with E-state index in [9.17, 15) is 10.1 Å². The molecule has 3 N–H and O–H groups in total. The van der Waals surface area contributed by atoms with Crippen LogP contribution in [-0.2, 0) is 0 Å². The number of nitrogen functional groups attached to an aromatic ring is 1. The zero-order valence-corrected chi connectivity index (χ0v) is 7.38. The Balaban J connectivity index is 3.08. The lowest BCUT2D eigenvalue weighted by Gasteiger charge is -1.99. The highest BCUT2D eigenvalue weighted by atomic mass is 16.6. The van der Waals surface area contributed by atoms with E-state index in [-0.39, 0.29) is 12.3 Å². The maximum absolute atomic E-state index is 10.4. The molecule has 1 rings (SSSR count). The van der Waals surface area contributed by atoms with Gasteiger partial charge in [0.2, 0.25) is 0 Å². The Bertz CT molecular complexity index is 374. The lowest BCUT2D eigenvalue weighted by atomic mass is 10.1. The van der Waals surface area contributed by atoms with E-state index in [2.05, 4.69) is 0 Å². The van der Waals surface area contributed by atoms with Crippen molar-refractivity contribution in [1.82, 2.24) is 0 Å². The smallest absolute Gasteiger partial charge is 0.270 e. The average Bonchev–Trinajstić information content (AvgIpc) is 2.16. The van der Waals surface area contributed by atoms with E-state index in [4.69, 9.17) is 10.8 Å². The van der Waals surface area contributed by atoms with Gasteiger partial charge < -0.3 is 10.8 Å². The zero-order valence-electron chi connectivity index (χ0n) is 7.38. The van der Waals surface area contributed by atoms with Gasteiger partial charge in [-0.2, -0.15) is 0 Å². The number of hydrogen-bond donors (Lipinski definition) is 2. The van der Waals surface area contributed by atoms with E-state index in [0.717, 1.165) is 0 Å². The van der Waals surface area contributed by atoms with Crippen molar-refractivity contribution in [3.05, 3.63) is 40.0 Å². The van der Waals surface area contributed by atoms with Crippen LogP contribution in [0.3, 0.4) is 0 Å². The Hall–Kier alpha value is -1.88. The van der Waals surface area contributed by atoms with E-state index in [1.54, 1.807) is 6.08 Å². The number of non-ortho nitro benzene ring substituents is 1. The predicted molar refractivity (Wildman–Crippen MR) is 53.6 cm³/mol. The highest BCUT2D eigenvalue weighted by molar-refractivity contribution is 5.67. The molecule has 5 heteroatoms. The number of nitro groups is 1. The summed E-state index contributed by atoms with van der Waals surface area (Å²) >= 11 is 0. The fourth-order valence-corrected chi connectivity index (χ4v) is 1.000. The van der Waals surface area contributed by atoms with Crippen molar-refractivity contribution in [3.8, 4) is 0 Å². The first-order chi connectivity index (χ1) is 6.65. The maximum Gasteiger partial charge on any atom is 0.270 e. The van der Waals surface area contributed by atoms with Gasteiger partial charge in [-0.3, -0.25) is 10.1 Å². The van der Waals surface area contributed by atoms with Gasteiger partial charge in [-0.25, -0.2) is 0 Å². The van der Waals surface area contributed by atoms with Crippen LogP contribution in [0, 0.1) is 10.1 Å². The molecule has 1 aromatic carbocycles. The summed E-state index contributed by atoms with van der Waals surface area (Å²) in [7, 11) is 0. The minimum absolute atomic E-state index is 0.0169. The molecule has 1 aromatic rings. The molecule has 0 unspecified atom stereocenters. The van der Waals surface area contributed by atoms with Gasteiger partial charge in [0.1, 0.15) is 0 Å². The summed E-state index contributed by atoms with van der Waals surface area (Å²) in [5.74, 6) is 0. The molecular weight excluding hydrogens is 184 g/mol. The molecule has 0 aliphatic carbocycles. The summed E-state index contributed by atoms with van der Waals surface area (Å²) in [6.45, 7) is -0.123. The number of nitrogens with zero attached hydrogens (tertiary/aromatic N) is 1. The van der Waals surface area contributed by atoms with Crippen LogP contribution in [-0.4, -0.2) is 16.6 Å². The number of nitro benzene ring substituents is 1. The van der Waals surface area contributed by atoms with Crippen molar-refractivity contribution in [1.29, 1.82) is 0 Å². The Morgan fingerprint density at radius 1 is 1.57 bits per heavy atom. The number of rotatable bonds is 3. The quantitative estimate of drug-likeness (QED) is 0.429. The van der Waals surface area contributed by atoms with Crippen molar-refractivity contribution in [2.45, 2.75) is 0 Å². The average molecular weight is 194 g/mol. The van der Waals surface area contributed by atoms with Crippen molar-refractivity contribution in [3.63, 3.8) is 0 Å². The highest BCUT2D eigenvalue weighted by Crippen LogP contribution is 2.20. The normalized spacial score (nSPS) is 10.6.